The van der Waals surface area contributed by atoms with Crippen molar-refractivity contribution in [2.24, 2.45) is 0 Å². The van der Waals surface area contributed by atoms with Gasteiger partial charge in [0.15, 0.2) is 0 Å². The Balaban J connectivity index is 1.09. The molecule has 7 nitrogen and oxygen atoms in total. The van der Waals surface area contributed by atoms with Crippen LogP contribution in [0.4, 0.5) is 0 Å². The molecule has 0 aromatic heterocycles. The smallest absolute Gasteiger partial charge is 0.346 e. The summed E-state index contributed by atoms with van der Waals surface area (Å²) in [5, 5.41) is 0. The van der Waals surface area contributed by atoms with Crippen LogP contribution in [0.1, 0.15) is 41.4 Å². The van der Waals surface area contributed by atoms with E-state index in [1.807, 2.05) is 48.5 Å². The molecule has 0 saturated carbocycles. The highest BCUT2D eigenvalue weighted by molar-refractivity contribution is 7.99. The van der Waals surface area contributed by atoms with Crippen LogP contribution in [-0.2, 0) is 9.47 Å². The van der Waals surface area contributed by atoms with Crippen LogP contribution in [0, 0.1) is 0 Å². The minimum absolute atomic E-state index is 0.283. The van der Waals surface area contributed by atoms with Gasteiger partial charge in [0, 0.05) is 19.6 Å². The van der Waals surface area contributed by atoms with Gasteiger partial charge in [-0.15, -0.1) is 0 Å². The van der Waals surface area contributed by atoms with Gasteiger partial charge in [0.25, 0.3) is 0 Å². The van der Waals surface area contributed by atoms with Crippen molar-refractivity contribution in [3.05, 3.63) is 107 Å². The lowest BCUT2D eigenvalue weighted by atomic mass is 10.1. The molecule has 180 valence electrons. The summed E-state index contributed by atoms with van der Waals surface area (Å²) in [4.78, 5) is 50.3. The van der Waals surface area contributed by atoms with Gasteiger partial charge in [0.2, 0.25) is 0 Å². The van der Waals surface area contributed by atoms with Crippen molar-refractivity contribution in [2.75, 3.05) is 0 Å². The highest BCUT2D eigenvalue weighted by atomic mass is 32.2. The standard InChI is InChI=1S/C28H14O7S2/c29-25-21-11-9-19(13-23(21)27(31)34-25)36-17-5-1-15(2-6-17)33-16-3-7-18(8-4-16)37-20-10-12-22-24(14-20)28(32)35-26(22)30/h1-14H. The van der Waals surface area contributed by atoms with E-state index in [-0.39, 0.29) is 22.3 Å². The maximum absolute atomic E-state index is 11.8. The molecule has 37 heavy (non-hydrogen) atoms. The van der Waals surface area contributed by atoms with E-state index in [1.165, 1.54) is 23.5 Å². The molecule has 4 aromatic rings. The van der Waals surface area contributed by atoms with E-state index >= 15 is 0 Å². The maximum Gasteiger partial charge on any atom is 0.346 e. The third kappa shape index (κ3) is 4.62. The number of benzene rings is 4. The van der Waals surface area contributed by atoms with E-state index in [9.17, 15) is 19.2 Å². The molecule has 0 N–H and O–H groups in total. The van der Waals surface area contributed by atoms with Gasteiger partial charge in [-0.1, -0.05) is 23.5 Å². The number of hydrogen-bond donors (Lipinski definition) is 0. The summed E-state index contributed by atoms with van der Waals surface area (Å²) in [6.07, 6.45) is 0. The summed E-state index contributed by atoms with van der Waals surface area (Å²) < 4.78 is 15.2. The second kappa shape index (κ2) is 9.27. The molecular weight excluding hydrogens is 512 g/mol. The van der Waals surface area contributed by atoms with Crippen LogP contribution in [-0.4, -0.2) is 23.9 Å². The van der Waals surface area contributed by atoms with Crippen molar-refractivity contribution in [1.29, 1.82) is 0 Å². The number of fused-ring (bicyclic) bond motifs is 2. The van der Waals surface area contributed by atoms with Crippen molar-refractivity contribution in [3.63, 3.8) is 0 Å². The van der Waals surface area contributed by atoms with Crippen LogP contribution in [0.3, 0.4) is 0 Å². The van der Waals surface area contributed by atoms with Crippen LogP contribution >= 0.6 is 23.5 Å². The molecule has 0 aliphatic carbocycles. The summed E-state index contributed by atoms with van der Waals surface area (Å²) in [5.74, 6) is -1.15. The second-order valence-electron chi connectivity index (χ2n) is 8.02. The molecule has 9 heteroatoms. The zero-order chi connectivity index (χ0) is 25.5. The molecule has 0 fully saturated rings. The van der Waals surface area contributed by atoms with Gasteiger partial charge in [0.05, 0.1) is 22.3 Å². The van der Waals surface area contributed by atoms with Crippen LogP contribution in [0.2, 0.25) is 0 Å². The van der Waals surface area contributed by atoms with E-state index in [1.54, 1.807) is 36.4 Å². The van der Waals surface area contributed by atoms with Gasteiger partial charge < -0.3 is 14.2 Å². The third-order valence-electron chi connectivity index (χ3n) is 5.59. The number of esters is 4. The molecule has 4 aromatic carbocycles. The largest absolute Gasteiger partial charge is 0.457 e. The minimum atomic E-state index is -0.621. The average Bonchev–Trinajstić information content (AvgIpc) is 3.34. The molecule has 6 rings (SSSR count). The topological polar surface area (TPSA) is 96.0 Å². The second-order valence-corrected chi connectivity index (χ2v) is 10.3. The summed E-state index contributed by atoms with van der Waals surface area (Å²) in [6.45, 7) is 0. The van der Waals surface area contributed by atoms with Crippen molar-refractivity contribution < 1.29 is 33.4 Å². The van der Waals surface area contributed by atoms with E-state index in [4.69, 9.17) is 4.74 Å². The first-order valence-electron chi connectivity index (χ1n) is 11.0. The predicted octanol–water partition coefficient (Wildman–Crippen LogP) is 6.40. The Morgan fingerprint density at radius 3 is 1.19 bits per heavy atom. The normalized spacial score (nSPS) is 13.7. The Morgan fingerprint density at radius 1 is 0.432 bits per heavy atom. The van der Waals surface area contributed by atoms with Crippen molar-refractivity contribution in [3.8, 4) is 11.5 Å². The Bertz CT molecular complexity index is 1490. The monoisotopic (exact) mass is 526 g/mol. The molecular formula is C28H14O7S2. The Labute approximate surface area is 218 Å². The van der Waals surface area contributed by atoms with Gasteiger partial charge in [0.1, 0.15) is 11.5 Å². The summed E-state index contributed by atoms with van der Waals surface area (Å²) in [6, 6.07) is 25.1. The summed E-state index contributed by atoms with van der Waals surface area (Å²) >= 11 is 2.91. The molecule has 2 heterocycles. The number of rotatable bonds is 6. The first-order valence-corrected chi connectivity index (χ1v) is 12.6. The molecule has 0 bridgehead atoms. The molecule has 0 radical (unpaired) electrons. The Morgan fingerprint density at radius 2 is 0.784 bits per heavy atom. The number of carbonyl (C=O) groups is 4. The molecule has 2 aliphatic rings. The highest BCUT2D eigenvalue weighted by Crippen LogP contribution is 2.35. The Kier molecular flexibility index (Phi) is 5.78. The van der Waals surface area contributed by atoms with Crippen LogP contribution in [0.25, 0.3) is 0 Å². The number of carbonyl (C=O) groups excluding carboxylic acids is 4. The van der Waals surface area contributed by atoms with Gasteiger partial charge >= 0.3 is 23.9 Å². The van der Waals surface area contributed by atoms with Gasteiger partial charge in [-0.2, -0.15) is 0 Å². The lowest BCUT2D eigenvalue weighted by molar-refractivity contribution is 0.0425. The summed E-state index contributed by atoms with van der Waals surface area (Å²) in [5.41, 5.74) is 1.14. The molecule has 0 atom stereocenters. The van der Waals surface area contributed by atoms with Crippen LogP contribution in [0.15, 0.2) is 105 Å². The summed E-state index contributed by atoms with van der Waals surface area (Å²) in [7, 11) is 0. The molecule has 0 unspecified atom stereocenters. The quantitative estimate of drug-likeness (QED) is 0.209. The van der Waals surface area contributed by atoms with Gasteiger partial charge in [-0.3, -0.25) is 0 Å². The number of hydrogen-bond acceptors (Lipinski definition) is 9. The van der Waals surface area contributed by atoms with E-state index in [2.05, 4.69) is 9.47 Å². The molecule has 0 spiro atoms. The van der Waals surface area contributed by atoms with E-state index in [0.717, 1.165) is 19.6 Å². The zero-order valence-corrected chi connectivity index (χ0v) is 20.4. The fraction of sp³-hybridized carbons (Fsp3) is 0. The first-order chi connectivity index (χ1) is 17.9. The van der Waals surface area contributed by atoms with Crippen molar-refractivity contribution in [2.45, 2.75) is 19.6 Å². The zero-order valence-electron chi connectivity index (χ0n) is 18.8. The molecule has 0 saturated heterocycles. The number of ether oxygens (including phenoxy) is 3. The van der Waals surface area contributed by atoms with Crippen molar-refractivity contribution in [1.82, 2.24) is 0 Å². The first kappa shape index (κ1) is 23.1. The van der Waals surface area contributed by atoms with Crippen LogP contribution < -0.4 is 4.74 Å². The van der Waals surface area contributed by atoms with Gasteiger partial charge in [-0.05, 0) is 84.9 Å². The molecule has 0 amide bonds. The number of cyclic esters (lactones) is 4. The average molecular weight is 527 g/mol. The maximum atomic E-state index is 11.8. The van der Waals surface area contributed by atoms with Crippen LogP contribution in [0.5, 0.6) is 11.5 Å². The fourth-order valence-electron chi connectivity index (χ4n) is 3.82. The van der Waals surface area contributed by atoms with Gasteiger partial charge in [-0.25, -0.2) is 19.2 Å². The van der Waals surface area contributed by atoms with E-state index < -0.39 is 23.9 Å². The predicted molar refractivity (Wildman–Crippen MR) is 134 cm³/mol. The third-order valence-corrected chi connectivity index (χ3v) is 7.58. The lowest BCUT2D eigenvalue weighted by Gasteiger charge is -2.08. The lowest BCUT2D eigenvalue weighted by Crippen LogP contribution is -1.96. The van der Waals surface area contributed by atoms with E-state index in [0.29, 0.717) is 11.5 Å². The minimum Gasteiger partial charge on any atom is -0.457 e. The Hall–Kier alpha value is -4.34. The molecule has 2 aliphatic heterocycles. The highest BCUT2D eigenvalue weighted by Gasteiger charge is 2.30. The SMILES string of the molecule is O=C1OC(=O)c2cc(Sc3ccc(Oc4ccc(Sc5ccc6c(c5)C(=O)OC6=O)cc4)cc3)ccc21. The van der Waals surface area contributed by atoms with Crippen molar-refractivity contribution >= 4 is 47.4 Å². The fourth-order valence-corrected chi connectivity index (χ4v) is 5.53.